The van der Waals surface area contributed by atoms with Crippen molar-refractivity contribution in [1.29, 1.82) is 0 Å². The van der Waals surface area contributed by atoms with Gasteiger partial charge in [0.2, 0.25) is 0 Å². The Bertz CT molecular complexity index is 1440. The molecule has 1 N–H and O–H groups in total. The maximum absolute atomic E-state index is 13.6. The fourth-order valence-corrected chi connectivity index (χ4v) is 4.44. The van der Waals surface area contributed by atoms with E-state index in [0.29, 0.717) is 40.2 Å². The third-order valence-electron chi connectivity index (χ3n) is 6.10. The average molecular weight is 474 g/mol. The Labute approximate surface area is 200 Å². The topological polar surface area (TPSA) is 81.0 Å². The summed E-state index contributed by atoms with van der Waals surface area (Å²) >= 11 is 0. The van der Waals surface area contributed by atoms with Crippen LogP contribution in [0.3, 0.4) is 0 Å². The van der Waals surface area contributed by atoms with E-state index in [1.54, 1.807) is 55.5 Å². The van der Waals surface area contributed by atoms with Crippen molar-refractivity contribution in [2.24, 2.45) is 0 Å². The second-order valence-corrected chi connectivity index (χ2v) is 8.54. The van der Waals surface area contributed by atoms with Gasteiger partial charge in [-0.3, -0.25) is 9.36 Å². The highest BCUT2D eigenvalue weighted by atomic mass is 19.1. The van der Waals surface area contributed by atoms with Gasteiger partial charge in [-0.1, -0.05) is 6.07 Å². The summed E-state index contributed by atoms with van der Waals surface area (Å²) in [6.45, 7) is 2.62. The summed E-state index contributed by atoms with van der Waals surface area (Å²) in [5.41, 5.74) is 2.62. The Morgan fingerprint density at radius 3 is 2.63 bits per heavy atom. The van der Waals surface area contributed by atoms with Crippen LogP contribution in [0.25, 0.3) is 10.9 Å². The van der Waals surface area contributed by atoms with E-state index >= 15 is 0 Å². The molecule has 178 valence electrons. The highest BCUT2D eigenvalue weighted by molar-refractivity contribution is 6.08. The lowest BCUT2D eigenvalue weighted by molar-refractivity contribution is 0.0698. The average Bonchev–Trinajstić information content (AvgIpc) is 3.17. The SMILES string of the molecule is Cc1cc2c(C(=O)O)cccc2n1C(=O)c1ccc(OC[C@@H]2CN(C)c3ccc(F)cc3O2)cc1. The van der Waals surface area contributed by atoms with Crippen LogP contribution in [0.15, 0.2) is 66.7 Å². The molecule has 0 amide bonds. The lowest BCUT2D eigenvalue weighted by Gasteiger charge is -2.33. The van der Waals surface area contributed by atoms with E-state index in [2.05, 4.69) is 0 Å². The monoisotopic (exact) mass is 474 g/mol. The lowest BCUT2D eigenvalue weighted by atomic mass is 10.1. The van der Waals surface area contributed by atoms with Gasteiger partial charge < -0.3 is 19.5 Å². The molecule has 0 saturated carbocycles. The summed E-state index contributed by atoms with van der Waals surface area (Å²) in [4.78, 5) is 26.8. The Balaban J connectivity index is 1.30. The number of aryl methyl sites for hydroxylation is 1. The molecule has 1 aromatic heterocycles. The van der Waals surface area contributed by atoms with E-state index in [-0.39, 0.29) is 30.0 Å². The van der Waals surface area contributed by atoms with Gasteiger partial charge in [-0.15, -0.1) is 0 Å². The van der Waals surface area contributed by atoms with Crippen molar-refractivity contribution in [3.63, 3.8) is 0 Å². The number of fused-ring (bicyclic) bond motifs is 2. The normalized spacial score (nSPS) is 14.9. The molecule has 4 aromatic rings. The van der Waals surface area contributed by atoms with E-state index in [1.807, 2.05) is 11.9 Å². The standard InChI is InChI=1S/C27H23FN2O5/c1-16-12-22-21(27(32)33)4-3-5-23(22)30(16)26(31)17-6-9-19(10-7-17)34-15-20-14-29(2)24-11-8-18(28)13-25(24)35-20/h3-13,20H,14-15H2,1-2H3,(H,32,33)/t20-/m0/s1. The van der Waals surface area contributed by atoms with Crippen LogP contribution in [0.1, 0.15) is 26.4 Å². The van der Waals surface area contributed by atoms with Crippen LogP contribution in [0.2, 0.25) is 0 Å². The summed E-state index contributed by atoms with van der Waals surface area (Å²) in [6, 6.07) is 17.8. The van der Waals surface area contributed by atoms with Crippen LogP contribution >= 0.6 is 0 Å². The Morgan fingerprint density at radius 1 is 1.11 bits per heavy atom. The molecule has 8 heteroatoms. The van der Waals surface area contributed by atoms with E-state index in [4.69, 9.17) is 9.47 Å². The first kappa shape index (κ1) is 22.5. The molecular formula is C27H23FN2O5. The number of rotatable bonds is 5. The van der Waals surface area contributed by atoms with E-state index in [9.17, 15) is 19.1 Å². The first-order chi connectivity index (χ1) is 16.8. The molecule has 0 spiro atoms. The van der Waals surface area contributed by atoms with Crippen molar-refractivity contribution in [1.82, 2.24) is 4.57 Å². The number of carboxylic acids is 1. The zero-order valence-corrected chi connectivity index (χ0v) is 19.2. The summed E-state index contributed by atoms with van der Waals surface area (Å²) in [5, 5.41) is 9.97. The molecule has 0 radical (unpaired) electrons. The zero-order valence-electron chi connectivity index (χ0n) is 19.2. The zero-order chi connectivity index (χ0) is 24.7. The fourth-order valence-electron chi connectivity index (χ4n) is 4.44. The number of carbonyl (C=O) groups excluding carboxylic acids is 1. The third-order valence-corrected chi connectivity index (χ3v) is 6.10. The predicted molar refractivity (Wildman–Crippen MR) is 129 cm³/mol. The number of aromatic nitrogens is 1. The first-order valence-electron chi connectivity index (χ1n) is 11.1. The molecule has 1 atom stereocenters. The molecule has 0 aliphatic carbocycles. The molecule has 7 nitrogen and oxygen atoms in total. The second kappa shape index (κ2) is 8.79. The Kier molecular flexibility index (Phi) is 5.64. The number of aromatic carboxylic acids is 1. The molecule has 1 aliphatic heterocycles. The minimum Gasteiger partial charge on any atom is -0.490 e. The summed E-state index contributed by atoms with van der Waals surface area (Å²) in [5.74, 6) is -0.608. The summed E-state index contributed by atoms with van der Waals surface area (Å²) in [6.07, 6.45) is -0.284. The van der Waals surface area contributed by atoms with Crippen molar-refractivity contribution in [2.75, 3.05) is 25.1 Å². The van der Waals surface area contributed by atoms with Gasteiger partial charge in [0.25, 0.3) is 5.91 Å². The second-order valence-electron chi connectivity index (χ2n) is 8.54. The van der Waals surface area contributed by atoms with Gasteiger partial charge in [0.1, 0.15) is 30.0 Å². The van der Waals surface area contributed by atoms with Crippen LogP contribution in [-0.4, -0.2) is 47.9 Å². The minimum atomic E-state index is -1.04. The third kappa shape index (κ3) is 4.19. The number of hydrogen-bond acceptors (Lipinski definition) is 5. The van der Waals surface area contributed by atoms with Gasteiger partial charge in [0, 0.05) is 29.8 Å². The highest BCUT2D eigenvalue weighted by Gasteiger charge is 2.25. The maximum Gasteiger partial charge on any atom is 0.336 e. The number of carboxylic acid groups (broad SMARTS) is 1. The molecule has 0 fully saturated rings. The molecule has 1 aliphatic rings. The van der Waals surface area contributed by atoms with Crippen molar-refractivity contribution in [3.8, 4) is 11.5 Å². The van der Waals surface area contributed by atoms with Gasteiger partial charge in [-0.05, 0) is 61.5 Å². The van der Waals surface area contributed by atoms with Crippen LogP contribution in [0.5, 0.6) is 11.5 Å². The summed E-state index contributed by atoms with van der Waals surface area (Å²) < 4.78 is 26.9. The Morgan fingerprint density at radius 2 is 1.89 bits per heavy atom. The van der Waals surface area contributed by atoms with Gasteiger partial charge in [-0.25, -0.2) is 9.18 Å². The number of nitrogens with zero attached hydrogens (tertiary/aromatic N) is 2. The van der Waals surface area contributed by atoms with Gasteiger partial charge in [-0.2, -0.15) is 0 Å². The lowest BCUT2D eigenvalue weighted by Crippen LogP contribution is -2.41. The molecule has 0 unspecified atom stereocenters. The largest absolute Gasteiger partial charge is 0.490 e. The molecule has 0 bridgehead atoms. The number of ether oxygens (including phenoxy) is 2. The van der Waals surface area contributed by atoms with Crippen molar-refractivity contribution < 1.29 is 28.6 Å². The number of likely N-dealkylation sites (N-methyl/N-ethyl adjacent to an activating group) is 1. The number of halogens is 1. The van der Waals surface area contributed by atoms with Crippen molar-refractivity contribution >= 4 is 28.5 Å². The highest BCUT2D eigenvalue weighted by Crippen LogP contribution is 2.33. The molecular weight excluding hydrogens is 451 g/mol. The fraction of sp³-hybridized carbons (Fsp3) is 0.185. The Hall–Kier alpha value is -4.33. The predicted octanol–water partition coefficient (Wildman–Crippen LogP) is 4.75. The van der Waals surface area contributed by atoms with Crippen LogP contribution in [0, 0.1) is 12.7 Å². The number of carbonyl (C=O) groups is 2. The van der Waals surface area contributed by atoms with E-state index in [1.165, 1.54) is 22.8 Å². The number of anilines is 1. The van der Waals surface area contributed by atoms with E-state index in [0.717, 1.165) is 5.69 Å². The minimum absolute atomic E-state index is 0.154. The molecule has 0 saturated heterocycles. The molecule has 35 heavy (non-hydrogen) atoms. The first-order valence-corrected chi connectivity index (χ1v) is 11.1. The van der Waals surface area contributed by atoms with Crippen LogP contribution in [0.4, 0.5) is 10.1 Å². The maximum atomic E-state index is 13.6. The number of hydrogen-bond donors (Lipinski definition) is 1. The molecule has 5 rings (SSSR count). The van der Waals surface area contributed by atoms with Gasteiger partial charge >= 0.3 is 5.97 Å². The quantitative estimate of drug-likeness (QED) is 0.450. The molecule has 3 aromatic carbocycles. The molecule has 2 heterocycles. The van der Waals surface area contributed by atoms with Gasteiger partial charge in [0.15, 0.2) is 0 Å². The van der Waals surface area contributed by atoms with E-state index < -0.39 is 5.97 Å². The van der Waals surface area contributed by atoms with Crippen LogP contribution < -0.4 is 14.4 Å². The van der Waals surface area contributed by atoms with Crippen molar-refractivity contribution in [3.05, 3.63) is 89.4 Å². The number of benzene rings is 3. The van der Waals surface area contributed by atoms with Gasteiger partial charge in [0.05, 0.1) is 23.3 Å². The van der Waals surface area contributed by atoms with Crippen molar-refractivity contribution in [2.45, 2.75) is 13.0 Å². The van der Waals surface area contributed by atoms with Crippen LogP contribution in [-0.2, 0) is 0 Å². The smallest absolute Gasteiger partial charge is 0.336 e. The summed E-state index contributed by atoms with van der Waals surface area (Å²) in [7, 11) is 1.92.